The van der Waals surface area contributed by atoms with Gasteiger partial charge in [0.15, 0.2) is 11.6 Å². The summed E-state index contributed by atoms with van der Waals surface area (Å²) in [4.78, 5) is 0. The topological polar surface area (TPSA) is 12.0 Å². The van der Waals surface area contributed by atoms with Gasteiger partial charge in [0.25, 0.3) is 0 Å². The monoisotopic (exact) mass is 261 g/mol. The lowest BCUT2D eigenvalue weighted by Gasteiger charge is -2.13. The second-order valence-corrected chi connectivity index (χ2v) is 4.53. The Morgan fingerprint density at radius 1 is 0.947 bits per heavy atom. The highest BCUT2D eigenvalue weighted by molar-refractivity contribution is 5.63. The Kier molecular flexibility index (Phi) is 4.27. The number of rotatable bonds is 4. The zero-order valence-corrected chi connectivity index (χ0v) is 11.1. The number of hydrogen-bond acceptors (Lipinski definition) is 1. The van der Waals surface area contributed by atoms with Crippen LogP contribution < -0.4 is 5.32 Å². The Morgan fingerprint density at radius 2 is 1.58 bits per heavy atom. The third-order valence-electron chi connectivity index (χ3n) is 3.17. The second kappa shape index (κ2) is 5.93. The van der Waals surface area contributed by atoms with Crippen LogP contribution in [0.1, 0.15) is 25.5 Å². The first-order valence-electron chi connectivity index (χ1n) is 6.40. The van der Waals surface area contributed by atoms with Crippen LogP contribution in [0, 0.1) is 11.6 Å². The molecule has 0 aliphatic heterocycles. The van der Waals surface area contributed by atoms with Crippen LogP contribution in [0.3, 0.4) is 0 Å². The van der Waals surface area contributed by atoms with E-state index in [0.29, 0.717) is 5.56 Å². The number of benzene rings is 2. The molecule has 0 aliphatic carbocycles. The van der Waals surface area contributed by atoms with Gasteiger partial charge in [-0.3, -0.25) is 0 Å². The van der Waals surface area contributed by atoms with Crippen LogP contribution in [0.2, 0.25) is 0 Å². The fourth-order valence-electron chi connectivity index (χ4n) is 2.06. The standard InChI is InChI=1S/C16H17F2N/c1-3-19-11(2)12-4-6-13(7-5-12)14-8-9-15(17)16(18)10-14/h4-11,19H,3H2,1-2H3. The van der Waals surface area contributed by atoms with Crippen molar-refractivity contribution in [2.45, 2.75) is 19.9 Å². The van der Waals surface area contributed by atoms with Gasteiger partial charge in [0, 0.05) is 6.04 Å². The van der Waals surface area contributed by atoms with Gasteiger partial charge in [-0.2, -0.15) is 0 Å². The fraction of sp³-hybridized carbons (Fsp3) is 0.250. The molecule has 0 saturated heterocycles. The number of hydrogen-bond donors (Lipinski definition) is 1. The van der Waals surface area contributed by atoms with Gasteiger partial charge in [-0.25, -0.2) is 8.78 Å². The van der Waals surface area contributed by atoms with Crippen LogP contribution in [0.5, 0.6) is 0 Å². The molecule has 1 nitrogen and oxygen atoms in total. The molecular formula is C16H17F2N. The zero-order valence-electron chi connectivity index (χ0n) is 11.1. The third-order valence-corrected chi connectivity index (χ3v) is 3.17. The normalized spacial score (nSPS) is 12.4. The quantitative estimate of drug-likeness (QED) is 0.865. The minimum atomic E-state index is -0.818. The van der Waals surface area contributed by atoms with Gasteiger partial charge < -0.3 is 5.32 Å². The lowest BCUT2D eigenvalue weighted by atomic mass is 10.0. The van der Waals surface area contributed by atoms with E-state index in [4.69, 9.17) is 0 Å². The molecule has 0 radical (unpaired) electrons. The molecule has 100 valence electrons. The van der Waals surface area contributed by atoms with E-state index in [-0.39, 0.29) is 6.04 Å². The van der Waals surface area contributed by atoms with Crippen molar-refractivity contribution in [3.63, 3.8) is 0 Å². The molecular weight excluding hydrogens is 244 g/mol. The predicted molar refractivity (Wildman–Crippen MR) is 73.9 cm³/mol. The first-order chi connectivity index (χ1) is 9.11. The van der Waals surface area contributed by atoms with Crippen molar-refractivity contribution in [1.82, 2.24) is 5.32 Å². The molecule has 1 unspecified atom stereocenters. The molecule has 0 fully saturated rings. The summed E-state index contributed by atoms with van der Waals surface area (Å²) in [5.74, 6) is -1.64. The Balaban J connectivity index is 2.24. The average Bonchev–Trinajstić information content (AvgIpc) is 2.42. The molecule has 2 rings (SSSR count). The first kappa shape index (κ1) is 13.7. The van der Waals surface area contributed by atoms with Crippen molar-refractivity contribution < 1.29 is 8.78 Å². The van der Waals surface area contributed by atoms with Crippen LogP contribution >= 0.6 is 0 Å². The number of halogens is 2. The van der Waals surface area contributed by atoms with E-state index in [9.17, 15) is 8.78 Å². The molecule has 3 heteroatoms. The molecule has 1 N–H and O–H groups in total. The molecule has 0 saturated carbocycles. The summed E-state index contributed by atoms with van der Waals surface area (Å²) in [7, 11) is 0. The average molecular weight is 261 g/mol. The molecule has 0 bridgehead atoms. The van der Waals surface area contributed by atoms with Crippen molar-refractivity contribution >= 4 is 0 Å². The molecule has 0 spiro atoms. The molecule has 1 atom stereocenters. The highest BCUT2D eigenvalue weighted by Crippen LogP contribution is 2.23. The van der Waals surface area contributed by atoms with Gasteiger partial charge in [0.1, 0.15) is 0 Å². The second-order valence-electron chi connectivity index (χ2n) is 4.53. The van der Waals surface area contributed by atoms with Gasteiger partial charge in [-0.15, -0.1) is 0 Å². The SMILES string of the molecule is CCNC(C)c1ccc(-c2ccc(F)c(F)c2)cc1. The Morgan fingerprint density at radius 3 is 2.16 bits per heavy atom. The van der Waals surface area contributed by atoms with E-state index >= 15 is 0 Å². The zero-order chi connectivity index (χ0) is 13.8. The fourth-order valence-corrected chi connectivity index (χ4v) is 2.06. The maximum atomic E-state index is 13.2. The Labute approximate surface area is 112 Å². The highest BCUT2D eigenvalue weighted by atomic mass is 19.2. The van der Waals surface area contributed by atoms with Crippen molar-refractivity contribution in [2.75, 3.05) is 6.54 Å². The predicted octanol–water partition coefficient (Wildman–Crippen LogP) is 4.30. The lowest BCUT2D eigenvalue weighted by Crippen LogP contribution is -2.17. The summed E-state index contributed by atoms with van der Waals surface area (Å²) in [6.07, 6.45) is 0. The van der Waals surface area contributed by atoms with E-state index < -0.39 is 11.6 Å². The summed E-state index contributed by atoms with van der Waals surface area (Å²) in [6.45, 7) is 5.06. The van der Waals surface area contributed by atoms with Crippen molar-refractivity contribution in [2.24, 2.45) is 0 Å². The van der Waals surface area contributed by atoms with Crippen LogP contribution in [0.4, 0.5) is 8.78 Å². The summed E-state index contributed by atoms with van der Waals surface area (Å²) >= 11 is 0. The van der Waals surface area contributed by atoms with Gasteiger partial charge in [0.2, 0.25) is 0 Å². The molecule has 2 aromatic carbocycles. The molecule has 0 amide bonds. The van der Waals surface area contributed by atoms with Crippen molar-refractivity contribution in [3.05, 3.63) is 59.7 Å². The van der Waals surface area contributed by atoms with E-state index in [1.807, 2.05) is 24.3 Å². The molecule has 2 aromatic rings. The summed E-state index contributed by atoms with van der Waals surface area (Å²) in [6, 6.07) is 12.1. The maximum absolute atomic E-state index is 13.2. The lowest BCUT2D eigenvalue weighted by molar-refractivity contribution is 0.509. The Hall–Kier alpha value is -1.74. The molecule has 0 heterocycles. The maximum Gasteiger partial charge on any atom is 0.159 e. The van der Waals surface area contributed by atoms with Crippen molar-refractivity contribution in [1.29, 1.82) is 0 Å². The van der Waals surface area contributed by atoms with Crippen LogP contribution in [0.25, 0.3) is 11.1 Å². The van der Waals surface area contributed by atoms with Crippen molar-refractivity contribution in [3.8, 4) is 11.1 Å². The van der Waals surface area contributed by atoms with Gasteiger partial charge in [0.05, 0.1) is 0 Å². The van der Waals surface area contributed by atoms with E-state index in [1.165, 1.54) is 11.6 Å². The highest BCUT2D eigenvalue weighted by Gasteiger charge is 2.06. The summed E-state index contributed by atoms with van der Waals surface area (Å²) < 4.78 is 26.1. The smallest absolute Gasteiger partial charge is 0.159 e. The molecule has 0 aliphatic rings. The largest absolute Gasteiger partial charge is 0.310 e. The Bertz CT molecular complexity index is 549. The van der Waals surface area contributed by atoms with E-state index in [1.54, 1.807) is 6.07 Å². The van der Waals surface area contributed by atoms with Gasteiger partial charge in [-0.05, 0) is 42.3 Å². The molecule has 0 aromatic heterocycles. The molecule has 19 heavy (non-hydrogen) atoms. The summed E-state index contributed by atoms with van der Waals surface area (Å²) in [5.41, 5.74) is 2.74. The van der Waals surface area contributed by atoms with E-state index in [2.05, 4.69) is 19.2 Å². The minimum absolute atomic E-state index is 0.281. The third kappa shape index (κ3) is 3.18. The van der Waals surface area contributed by atoms with E-state index in [0.717, 1.165) is 18.2 Å². The van der Waals surface area contributed by atoms with Crippen LogP contribution in [-0.2, 0) is 0 Å². The van der Waals surface area contributed by atoms with Crippen LogP contribution in [-0.4, -0.2) is 6.54 Å². The first-order valence-corrected chi connectivity index (χ1v) is 6.40. The van der Waals surface area contributed by atoms with Gasteiger partial charge in [-0.1, -0.05) is 37.3 Å². The minimum Gasteiger partial charge on any atom is -0.310 e. The van der Waals surface area contributed by atoms with Crippen LogP contribution in [0.15, 0.2) is 42.5 Å². The summed E-state index contributed by atoms with van der Waals surface area (Å²) in [5, 5.41) is 3.33. The number of nitrogens with one attached hydrogen (secondary N) is 1. The van der Waals surface area contributed by atoms with Gasteiger partial charge >= 0.3 is 0 Å².